The molecule has 2 N–H and O–H groups in total. The molecule has 4 heteroatoms. The number of hydrogen-bond donors (Lipinski definition) is 1. The van der Waals surface area contributed by atoms with Gasteiger partial charge < -0.3 is 10.5 Å². The first-order valence-corrected chi connectivity index (χ1v) is 5.65. The molecule has 0 aliphatic heterocycles. The summed E-state index contributed by atoms with van der Waals surface area (Å²) >= 11 is 0. The van der Waals surface area contributed by atoms with Crippen LogP contribution >= 0.6 is 0 Å². The number of ether oxygens (including phenoxy) is 1. The summed E-state index contributed by atoms with van der Waals surface area (Å²) in [4.78, 5) is 0. The fourth-order valence-electron chi connectivity index (χ4n) is 1.98. The number of anilines is 1. The van der Waals surface area contributed by atoms with Gasteiger partial charge in [0.1, 0.15) is 5.75 Å². The van der Waals surface area contributed by atoms with Gasteiger partial charge in [0.05, 0.1) is 24.5 Å². The first-order chi connectivity index (χ1) is 8.78. The van der Waals surface area contributed by atoms with Gasteiger partial charge in [-0.2, -0.15) is 5.10 Å². The summed E-state index contributed by atoms with van der Waals surface area (Å²) in [6.45, 7) is 0. The Morgan fingerprint density at radius 3 is 2.89 bits per heavy atom. The smallest absolute Gasteiger partial charge is 0.121 e. The molecule has 1 aromatic heterocycles. The van der Waals surface area contributed by atoms with Gasteiger partial charge in [-0.25, -0.2) is 4.68 Å². The van der Waals surface area contributed by atoms with E-state index in [4.69, 9.17) is 10.5 Å². The predicted molar refractivity (Wildman–Crippen MR) is 72.0 cm³/mol. The van der Waals surface area contributed by atoms with Crippen LogP contribution < -0.4 is 10.5 Å². The molecule has 0 radical (unpaired) electrons. The van der Waals surface area contributed by atoms with E-state index in [0.717, 1.165) is 28.0 Å². The van der Waals surface area contributed by atoms with Crippen LogP contribution in [0.4, 0.5) is 5.69 Å². The summed E-state index contributed by atoms with van der Waals surface area (Å²) < 4.78 is 7.08. The zero-order valence-electron chi connectivity index (χ0n) is 10.00. The van der Waals surface area contributed by atoms with E-state index in [2.05, 4.69) is 5.10 Å². The van der Waals surface area contributed by atoms with Gasteiger partial charge in [0.25, 0.3) is 0 Å². The Morgan fingerprint density at radius 1 is 1.17 bits per heavy atom. The highest BCUT2D eigenvalue weighted by atomic mass is 16.5. The number of nitrogens with zero attached hydrogens (tertiary/aromatic N) is 2. The van der Waals surface area contributed by atoms with Crippen LogP contribution in [0.2, 0.25) is 0 Å². The Labute approximate surface area is 105 Å². The van der Waals surface area contributed by atoms with Gasteiger partial charge in [0.15, 0.2) is 0 Å². The molecule has 0 fully saturated rings. The molecule has 3 rings (SSSR count). The lowest BCUT2D eigenvalue weighted by molar-refractivity contribution is 0.414. The Bertz CT molecular complexity index is 703. The summed E-state index contributed by atoms with van der Waals surface area (Å²) in [5.74, 6) is 0.806. The standard InChI is InChI=1S/C14H13N3O/c1-18-13-4-2-3-12(8-13)17-14-7-11(15)6-5-10(14)9-16-17/h2-9H,15H2,1H3. The van der Waals surface area contributed by atoms with Crippen LogP contribution in [0.3, 0.4) is 0 Å². The van der Waals surface area contributed by atoms with E-state index < -0.39 is 0 Å². The molecule has 0 atom stereocenters. The van der Waals surface area contributed by atoms with Crippen LogP contribution in [0.1, 0.15) is 0 Å². The maximum absolute atomic E-state index is 5.82. The average molecular weight is 239 g/mol. The van der Waals surface area contributed by atoms with Crippen molar-refractivity contribution in [3.63, 3.8) is 0 Å². The van der Waals surface area contributed by atoms with Crippen molar-refractivity contribution in [3.8, 4) is 11.4 Å². The maximum atomic E-state index is 5.82. The number of nitrogen functional groups attached to an aromatic ring is 1. The molecule has 0 bridgehead atoms. The van der Waals surface area contributed by atoms with Gasteiger partial charge in [-0.1, -0.05) is 6.07 Å². The normalized spacial score (nSPS) is 10.7. The number of rotatable bonds is 2. The lowest BCUT2D eigenvalue weighted by Crippen LogP contribution is -1.97. The Kier molecular flexibility index (Phi) is 2.41. The van der Waals surface area contributed by atoms with Crippen molar-refractivity contribution in [1.82, 2.24) is 9.78 Å². The highest BCUT2D eigenvalue weighted by Gasteiger charge is 2.05. The van der Waals surface area contributed by atoms with E-state index in [1.165, 1.54) is 0 Å². The minimum Gasteiger partial charge on any atom is -0.497 e. The Morgan fingerprint density at radius 2 is 2.06 bits per heavy atom. The number of methoxy groups -OCH3 is 1. The van der Waals surface area contributed by atoms with Crippen LogP contribution in [-0.4, -0.2) is 16.9 Å². The van der Waals surface area contributed by atoms with Crippen LogP contribution in [-0.2, 0) is 0 Å². The Hall–Kier alpha value is -2.49. The van der Waals surface area contributed by atoms with Crippen molar-refractivity contribution in [2.75, 3.05) is 12.8 Å². The van der Waals surface area contributed by atoms with E-state index in [0.29, 0.717) is 0 Å². The average Bonchev–Trinajstić information content (AvgIpc) is 2.81. The second-order valence-corrected chi connectivity index (χ2v) is 4.08. The third kappa shape index (κ3) is 1.68. The number of benzene rings is 2. The van der Waals surface area contributed by atoms with Crippen molar-refractivity contribution < 1.29 is 4.74 Å². The van der Waals surface area contributed by atoms with Crippen molar-refractivity contribution in [1.29, 1.82) is 0 Å². The lowest BCUT2D eigenvalue weighted by Gasteiger charge is -2.06. The molecule has 2 aromatic carbocycles. The largest absolute Gasteiger partial charge is 0.497 e. The molecule has 90 valence electrons. The summed E-state index contributed by atoms with van der Waals surface area (Å²) in [5.41, 5.74) is 8.49. The third-order valence-electron chi connectivity index (χ3n) is 2.89. The van der Waals surface area contributed by atoms with Gasteiger partial charge in [0, 0.05) is 17.1 Å². The molecule has 4 nitrogen and oxygen atoms in total. The van der Waals surface area contributed by atoms with Crippen molar-refractivity contribution >= 4 is 16.6 Å². The van der Waals surface area contributed by atoms with Crippen LogP contribution in [0.5, 0.6) is 5.75 Å². The van der Waals surface area contributed by atoms with Gasteiger partial charge in [0.2, 0.25) is 0 Å². The predicted octanol–water partition coefficient (Wildman–Crippen LogP) is 2.62. The second kappa shape index (κ2) is 4.07. The number of fused-ring (bicyclic) bond motifs is 1. The molecule has 0 spiro atoms. The number of hydrogen-bond acceptors (Lipinski definition) is 3. The van der Waals surface area contributed by atoms with Gasteiger partial charge in [-0.05, 0) is 30.3 Å². The van der Waals surface area contributed by atoms with Crippen LogP contribution in [0.15, 0.2) is 48.7 Å². The van der Waals surface area contributed by atoms with Crippen molar-refractivity contribution in [2.45, 2.75) is 0 Å². The molecule has 0 amide bonds. The molecule has 0 unspecified atom stereocenters. The molecule has 0 aliphatic carbocycles. The van der Waals surface area contributed by atoms with Crippen molar-refractivity contribution in [3.05, 3.63) is 48.7 Å². The molecular weight excluding hydrogens is 226 g/mol. The molecule has 0 saturated heterocycles. The SMILES string of the molecule is COc1cccc(-n2ncc3ccc(N)cc32)c1. The number of nitrogens with two attached hydrogens (primary N) is 1. The van der Waals surface area contributed by atoms with Crippen LogP contribution in [0, 0.1) is 0 Å². The minimum atomic E-state index is 0.729. The van der Waals surface area contributed by atoms with Crippen molar-refractivity contribution in [2.24, 2.45) is 0 Å². The zero-order valence-corrected chi connectivity index (χ0v) is 10.00. The summed E-state index contributed by atoms with van der Waals surface area (Å²) in [7, 11) is 1.65. The first kappa shape index (κ1) is 10.7. The van der Waals surface area contributed by atoms with Gasteiger partial charge in [-0.15, -0.1) is 0 Å². The minimum absolute atomic E-state index is 0.729. The van der Waals surface area contributed by atoms with E-state index in [-0.39, 0.29) is 0 Å². The third-order valence-corrected chi connectivity index (χ3v) is 2.89. The second-order valence-electron chi connectivity index (χ2n) is 4.08. The summed E-state index contributed by atoms with van der Waals surface area (Å²) in [5, 5.41) is 5.45. The molecule has 18 heavy (non-hydrogen) atoms. The highest BCUT2D eigenvalue weighted by molar-refractivity contribution is 5.83. The molecule has 0 saturated carbocycles. The van der Waals surface area contributed by atoms with Gasteiger partial charge in [-0.3, -0.25) is 0 Å². The Balaban J connectivity index is 2.21. The highest BCUT2D eigenvalue weighted by Crippen LogP contribution is 2.22. The van der Waals surface area contributed by atoms with E-state index >= 15 is 0 Å². The quantitative estimate of drug-likeness (QED) is 0.699. The molecule has 1 heterocycles. The van der Waals surface area contributed by atoms with Crippen LogP contribution in [0.25, 0.3) is 16.6 Å². The first-order valence-electron chi connectivity index (χ1n) is 5.65. The fourth-order valence-corrected chi connectivity index (χ4v) is 1.98. The molecule has 3 aromatic rings. The number of aromatic nitrogens is 2. The molecule has 0 aliphatic rings. The van der Waals surface area contributed by atoms with E-state index in [1.807, 2.05) is 53.3 Å². The van der Waals surface area contributed by atoms with Gasteiger partial charge >= 0.3 is 0 Å². The summed E-state index contributed by atoms with van der Waals surface area (Å²) in [6, 6.07) is 13.5. The van der Waals surface area contributed by atoms with E-state index in [9.17, 15) is 0 Å². The summed E-state index contributed by atoms with van der Waals surface area (Å²) in [6.07, 6.45) is 1.83. The molecular formula is C14H13N3O. The maximum Gasteiger partial charge on any atom is 0.121 e. The monoisotopic (exact) mass is 239 g/mol. The zero-order chi connectivity index (χ0) is 12.5. The topological polar surface area (TPSA) is 53.1 Å². The van der Waals surface area contributed by atoms with E-state index in [1.54, 1.807) is 7.11 Å². The fraction of sp³-hybridized carbons (Fsp3) is 0.0714. The lowest BCUT2D eigenvalue weighted by atomic mass is 10.2.